The second-order valence-corrected chi connectivity index (χ2v) is 4.16. The third-order valence-electron chi connectivity index (χ3n) is 2.73. The molecule has 0 bridgehead atoms. The molecule has 1 aromatic rings. The summed E-state index contributed by atoms with van der Waals surface area (Å²) in [6.07, 6.45) is -5.20. The van der Waals surface area contributed by atoms with Gasteiger partial charge in [0.25, 0.3) is 0 Å². The molecule has 0 amide bonds. The van der Waals surface area contributed by atoms with E-state index in [1.54, 1.807) is 18.2 Å². The van der Waals surface area contributed by atoms with Gasteiger partial charge >= 0.3 is 6.18 Å². The van der Waals surface area contributed by atoms with Crippen LogP contribution in [-0.4, -0.2) is 19.4 Å². The summed E-state index contributed by atoms with van der Waals surface area (Å²) in [5.74, 6) is 1.15. The first-order valence-corrected chi connectivity index (χ1v) is 5.67. The number of benzene rings is 1. The van der Waals surface area contributed by atoms with Crippen LogP contribution in [0.25, 0.3) is 0 Å². The van der Waals surface area contributed by atoms with E-state index in [2.05, 4.69) is 0 Å². The Balaban J connectivity index is 0.00000180. The van der Waals surface area contributed by atoms with Crippen molar-refractivity contribution in [1.29, 1.82) is 0 Å². The number of alkyl halides is 3. The Kier molecular flexibility index (Phi) is 5.31. The second-order valence-electron chi connectivity index (χ2n) is 4.16. The minimum absolute atomic E-state index is 0. The minimum atomic E-state index is -4.18. The van der Waals surface area contributed by atoms with E-state index in [-0.39, 0.29) is 18.8 Å². The number of nitrogens with two attached hydrogens (primary N) is 1. The average molecular weight is 298 g/mol. The summed E-state index contributed by atoms with van der Waals surface area (Å²) in [4.78, 5) is 0. The molecule has 1 aliphatic rings. The Hall–Kier alpha value is -1.14. The van der Waals surface area contributed by atoms with Gasteiger partial charge in [-0.2, -0.15) is 13.2 Å². The highest BCUT2D eigenvalue weighted by Gasteiger charge is 2.28. The number of hydrogen-bond acceptors (Lipinski definition) is 3. The van der Waals surface area contributed by atoms with Crippen LogP contribution in [0, 0.1) is 0 Å². The predicted octanol–water partition coefficient (Wildman–Crippen LogP) is 3.22. The molecule has 0 saturated heterocycles. The molecule has 0 saturated carbocycles. The van der Waals surface area contributed by atoms with Gasteiger partial charge in [-0.25, -0.2) is 0 Å². The Labute approximate surface area is 115 Å². The fraction of sp³-hybridized carbons (Fsp3) is 0.500. The first-order valence-electron chi connectivity index (χ1n) is 5.67. The maximum atomic E-state index is 12.1. The second kappa shape index (κ2) is 6.34. The fourth-order valence-corrected chi connectivity index (χ4v) is 1.78. The van der Waals surface area contributed by atoms with E-state index >= 15 is 0 Å². The molecule has 0 unspecified atom stereocenters. The quantitative estimate of drug-likeness (QED) is 0.931. The van der Waals surface area contributed by atoms with E-state index in [9.17, 15) is 13.2 Å². The molecule has 3 nitrogen and oxygen atoms in total. The Bertz CT molecular complexity index is 426. The van der Waals surface area contributed by atoms with Crippen LogP contribution in [-0.2, 0) is 0 Å². The molecule has 0 radical (unpaired) electrons. The van der Waals surface area contributed by atoms with E-state index in [4.69, 9.17) is 15.2 Å². The summed E-state index contributed by atoms with van der Waals surface area (Å²) in [7, 11) is 0. The number of ether oxygens (including phenoxy) is 2. The van der Waals surface area contributed by atoms with Crippen molar-refractivity contribution in [2.45, 2.75) is 25.1 Å². The smallest absolute Gasteiger partial charge is 0.389 e. The van der Waals surface area contributed by atoms with E-state index in [0.717, 1.165) is 0 Å². The van der Waals surface area contributed by atoms with Crippen molar-refractivity contribution in [1.82, 2.24) is 0 Å². The molecule has 0 fully saturated rings. The van der Waals surface area contributed by atoms with Gasteiger partial charge in [-0.05, 0) is 24.1 Å². The van der Waals surface area contributed by atoms with Crippen molar-refractivity contribution >= 4 is 12.4 Å². The maximum Gasteiger partial charge on any atom is 0.389 e. The molecule has 1 aliphatic heterocycles. The lowest BCUT2D eigenvalue weighted by Gasteiger charge is -2.20. The summed E-state index contributed by atoms with van der Waals surface area (Å²) in [5, 5.41) is 0. The Morgan fingerprint density at radius 3 is 2.42 bits per heavy atom. The summed E-state index contributed by atoms with van der Waals surface area (Å²) >= 11 is 0. The molecular weight excluding hydrogens is 283 g/mol. The van der Waals surface area contributed by atoms with Crippen molar-refractivity contribution in [2.75, 3.05) is 13.2 Å². The highest BCUT2D eigenvalue weighted by molar-refractivity contribution is 5.85. The topological polar surface area (TPSA) is 44.5 Å². The van der Waals surface area contributed by atoms with E-state index in [1.165, 1.54) is 0 Å². The molecule has 108 valence electrons. The average Bonchev–Trinajstić information content (AvgIpc) is 2.34. The van der Waals surface area contributed by atoms with Crippen LogP contribution in [0.2, 0.25) is 0 Å². The van der Waals surface area contributed by atoms with Crippen molar-refractivity contribution in [3.05, 3.63) is 23.8 Å². The maximum absolute atomic E-state index is 12.1. The van der Waals surface area contributed by atoms with Gasteiger partial charge in [0.1, 0.15) is 13.2 Å². The van der Waals surface area contributed by atoms with E-state index in [1.807, 2.05) is 0 Å². The summed E-state index contributed by atoms with van der Waals surface area (Å²) < 4.78 is 47.0. The highest BCUT2D eigenvalue weighted by atomic mass is 35.5. The molecule has 2 N–H and O–H groups in total. The monoisotopic (exact) mass is 297 g/mol. The Morgan fingerprint density at radius 1 is 1.16 bits per heavy atom. The zero-order chi connectivity index (χ0) is 13.2. The van der Waals surface area contributed by atoms with Crippen molar-refractivity contribution in [2.24, 2.45) is 5.73 Å². The lowest BCUT2D eigenvalue weighted by Crippen LogP contribution is -2.18. The normalized spacial score (nSPS) is 15.6. The number of rotatable bonds is 3. The molecule has 0 aliphatic carbocycles. The van der Waals surface area contributed by atoms with Gasteiger partial charge in [0.05, 0.1) is 0 Å². The summed E-state index contributed by atoms with van der Waals surface area (Å²) in [6.45, 7) is 0.917. The van der Waals surface area contributed by atoms with Gasteiger partial charge in [-0.3, -0.25) is 0 Å². The molecule has 0 spiro atoms. The van der Waals surface area contributed by atoms with Gasteiger partial charge in [-0.15, -0.1) is 12.4 Å². The minimum Gasteiger partial charge on any atom is -0.486 e. The van der Waals surface area contributed by atoms with E-state index in [0.29, 0.717) is 30.3 Å². The van der Waals surface area contributed by atoms with Crippen LogP contribution >= 0.6 is 12.4 Å². The zero-order valence-electron chi connectivity index (χ0n) is 10.1. The SMILES string of the molecule is Cl.N[C@@H](CCC(F)(F)F)c1ccc2c(c1)OCCO2. The van der Waals surface area contributed by atoms with Crippen molar-refractivity contribution in [3.8, 4) is 11.5 Å². The third-order valence-corrected chi connectivity index (χ3v) is 2.73. The van der Waals surface area contributed by atoms with Crippen molar-refractivity contribution < 1.29 is 22.6 Å². The third kappa shape index (κ3) is 4.47. The summed E-state index contributed by atoms with van der Waals surface area (Å²) in [6, 6.07) is 4.35. The van der Waals surface area contributed by atoms with Crippen LogP contribution < -0.4 is 15.2 Å². The standard InChI is InChI=1S/C12H14F3NO2.ClH/c13-12(14,15)4-3-9(16)8-1-2-10-11(7-8)18-6-5-17-10;/h1-2,7,9H,3-6,16H2;1H/t9-;/m0./s1. The first kappa shape index (κ1) is 15.9. The van der Waals surface area contributed by atoms with Crippen molar-refractivity contribution in [3.63, 3.8) is 0 Å². The van der Waals surface area contributed by atoms with Gasteiger partial charge in [0.2, 0.25) is 0 Å². The molecule has 0 aromatic heterocycles. The predicted molar refractivity (Wildman–Crippen MR) is 66.9 cm³/mol. The largest absolute Gasteiger partial charge is 0.486 e. The molecular formula is C12H15ClF3NO2. The van der Waals surface area contributed by atoms with Gasteiger partial charge in [-0.1, -0.05) is 6.07 Å². The van der Waals surface area contributed by atoms with Gasteiger partial charge < -0.3 is 15.2 Å². The van der Waals surface area contributed by atoms with Crippen LogP contribution in [0.5, 0.6) is 11.5 Å². The van der Waals surface area contributed by atoms with E-state index < -0.39 is 18.6 Å². The highest BCUT2D eigenvalue weighted by Crippen LogP contribution is 2.34. The molecule has 7 heteroatoms. The Morgan fingerprint density at radius 2 is 1.79 bits per heavy atom. The first-order chi connectivity index (χ1) is 8.46. The molecule has 19 heavy (non-hydrogen) atoms. The van der Waals surface area contributed by atoms with Crippen LogP contribution in [0.3, 0.4) is 0 Å². The number of halogens is 4. The molecule has 2 rings (SSSR count). The lowest BCUT2D eigenvalue weighted by atomic mass is 10.0. The zero-order valence-corrected chi connectivity index (χ0v) is 10.9. The van der Waals surface area contributed by atoms with Crippen LogP contribution in [0.1, 0.15) is 24.4 Å². The number of hydrogen-bond donors (Lipinski definition) is 1. The number of fused-ring (bicyclic) bond motifs is 1. The lowest BCUT2D eigenvalue weighted by molar-refractivity contribution is -0.136. The van der Waals surface area contributed by atoms with Gasteiger partial charge in [0.15, 0.2) is 11.5 Å². The van der Waals surface area contributed by atoms with Crippen LogP contribution in [0.4, 0.5) is 13.2 Å². The molecule has 1 atom stereocenters. The van der Waals surface area contributed by atoms with Crippen LogP contribution in [0.15, 0.2) is 18.2 Å². The molecule has 1 aromatic carbocycles. The fourth-order valence-electron chi connectivity index (χ4n) is 1.78. The summed E-state index contributed by atoms with van der Waals surface area (Å²) in [5.41, 5.74) is 6.37. The molecule has 1 heterocycles. The van der Waals surface area contributed by atoms with Gasteiger partial charge in [0, 0.05) is 12.5 Å².